The average Bonchev–Trinajstić information content (AvgIpc) is 3.32. The van der Waals surface area contributed by atoms with Crippen LogP contribution in [0.4, 0.5) is 35.1 Å². The lowest BCUT2D eigenvalue weighted by molar-refractivity contribution is 0.411. The van der Waals surface area contributed by atoms with Crippen molar-refractivity contribution in [3.05, 3.63) is 57.7 Å². The lowest BCUT2D eigenvalue weighted by atomic mass is 9.98. The molecular weight excluding hydrogens is 424 g/mol. The van der Waals surface area contributed by atoms with Gasteiger partial charge in [0, 0.05) is 21.9 Å². The monoisotopic (exact) mass is 430 g/mol. The summed E-state index contributed by atoms with van der Waals surface area (Å²) in [6.45, 7) is 2.51. The molecule has 0 amide bonds. The molecule has 5 aromatic rings. The molecule has 30 heavy (non-hydrogen) atoms. The van der Waals surface area contributed by atoms with Crippen molar-refractivity contribution in [2.24, 2.45) is 0 Å². The summed E-state index contributed by atoms with van der Waals surface area (Å²) >= 11 is 0. The van der Waals surface area contributed by atoms with Gasteiger partial charge in [-0.3, -0.25) is 0 Å². The van der Waals surface area contributed by atoms with E-state index >= 15 is 0 Å². The molecule has 2 aromatic heterocycles. The summed E-state index contributed by atoms with van der Waals surface area (Å²) in [5, 5.41) is -1.98. The Bertz CT molecular complexity index is 1470. The first-order valence-corrected chi connectivity index (χ1v) is 8.33. The van der Waals surface area contributed by atoms with E-state index in [4.69, 9.17) is 8.83 Å². The smallest absolute Gasteiger partial charge is 0.205 e. The number of hydrogen-bond acceptors (Lipinski definition) is 2. The van der Waals surface area contributed by atoms with E-state index in [1.165, 1.54) is 13.8 Å². The van der Waals surface area contributed by atoms with Gasteiger partial charge in [-0.05, 0) is 13.8 Å². The third-order valence-corrected chi connectivity index (χ3v) is 5.24. The number of rotatable bonds is 0. The lowest BCUT2D eigenvalue weighted by Gasteiger charge is -2.04. The minimum atomic E-state index is -2.09. The summed E-state index contributed by atoms with van der Waals surface area (Å²) in [5.41, 5.74) is -2.69. The third kappa shape index (κ3) is 1.93. The molecule has 2 heterocycles. The molecule has 0 bridgehead atoms. The predicted octanol–water partition coefficient (Wildman–Crippen LogP) is 7.22. The van der Waals surface area contributed by atoms with Crippen LogP contribution in [0.3, 0.4) is 0 Å². The molecule has 0 fully saturated rings. The number of fused-ring (bicyclic) bond motifs is 6. The molecule has 0 saturated carbocycles. The van der Waals surface area contributed by atoms with Crippen molar-refractivity contribution >= 4 is 43.9 Å². The number of furan rings is 2. The summed E-state index contributed by atoms with van der Waals surface area (Å²) in [4.78, 5) is 0. The fourth-order valence-corrected chi connectivity index (χ4v) is 3.87. The standard InChI is InChI=1S/C20H6F8O2/c1-3-5-7-9(21)11(23)13(25)15(27)19(7)30-18(5)4(2)6-8-10(22)12(24)14(26)16(28)20(8)29-17(3)6/h1-2H3. The van der Waals surface area contributed by atoms with Gasteiger partial charge >= 0.3 is 0 Å². The van der Waals surface area contributed by atoms with Crippen LogP contribution in [0, 0.1) is 60.4 Å². The molecule has 0 spiro atoms. The van der Waals surface area contributed by atoms with E-state index in [1.54, 1.807) is 0 Å². The zero-order valence-corrected chi connectivity index (χ0v) is 14.8. The van der Waals surface area contributed by atoms with Gasteiger partial charge < -0.3 is 8.83 Å². The van der Waals surface area contributed by atoms with Crippen molar-refractivity contribution in [2.45, 2.75) is 13.8 Å². The predicted molar refractivity (Wildman–Crippen MR) is 90.1 cm³/mol. The van der Waals surface area contributed by atoms with Crippen LogP contribution in [-0.4, -0.2) is 0 Å². The van der Waals surface area contributed by atoms with Crippen LogP contribution in [-0.2, 0) is 0 Å². The van der Waals surface area contributed by atoms with Gasteiger partial charge in [-0.1, -0.05) is 0 Å². The average molecular weight is 430 g/mol. The van der Waals surface area contributed by atoms with Crippen molar-refractivity contribution in [3.8, 4) is 0 Å². The second-order valence-electron chi connectivity index (χ2n) is 6.78. The zero-order chi connectivity index (χ0) is 21.8. The van der Waals surface area contributed by atoms with Gasteiger partial charge in [0.05, 0.1) is 10.8 Å². The maximum absolute atomic E-state index is 14.5. The van der Waals surface area contributed by atoms with Crippen LogP contribution in [0.2, 0.25) is 0 Å². The molecule has 0 radical (unpaired) electrons. The highest BCUT2D eigenvalue weighted by molar-refractivity contribution is 6.19. The van der Waals surface area contributed by atoms with Crippen molar-refractivity contribution < 1.29 is 44.0 Å². The lowest BCUT2D eigenvalue weighted by Crippen LogP contribution is -1.96. The highest BCUT2D eigenvalue weighted by Gasteiger charge is 2.32. The fourth-order valence-electron chi connectivity index (χ4n) is 3.87. The van der Waals surface area contributed by atoms with Gasteiger partial charge in [0.25, 0.3) is 0 Å². The molecule has 154 valence electrons. The van der Waals surface area contributed by atoms with E-state index in [9.17, 15) is 35.1 Å². The molecule has 3 aromatic carbocycles. The maximum atomic E-state index is 14.5. The Morgan fingerprint density at radius 2 is 0.667 bits per heavy atom. The second-order valence-corrected chi connectivity index (χ2v) is 6.78. The van der Waals surface area contributed by atoms with Crippen molar-refractivity contribution in [1.82, 2.24) is 0 Å². The first kappa shape index (κ1) is 18.7. The van der Waals surface area contributed by atoms with E-state index in [0.717, 1.165) is 0 Å². The Balaban J connectivity index is 2.14. The van der Waals surface area contributed by atoms with E-state index < -0.39 is 68.5 Å². The Morgan fingerprint density at radius 1 is 0.367 bits per heavy atom. The van der Waals surface area contributed by atoms with Crippen LogP contribution in [0.15, 0.2) is 8.83 Å². The fraction of sp³-hybridized carbons (Fsp3) is 0.100. The van der Waals surface area contributed by atoms with Gasteiger partial charge in [0.2, 0.25) is 23.3 Å². The number of benzene rings is 3. The van der Waals surface area contributed by atoms with Crippen molar-refractivity contribution in [3.63, 3.8) is 0 Å². The summed E-state index contributed by atoms with van der Waals surface area (Å²) in [5.74, 6) is -15.4. The van der Waals surface area contributed by atoms with Crippen LogP contribution in [0.1, 0.15) is 11.1 Å². The Morgan fingerprint density at radius 3 is 1.00 bits per heavy atom. The molecule has 10 heteroatoms. The molecule has 0 N–H and O–H groups in total. The topological polar surface area (TPSA) is 26.3 Å². The first-order valence-electron chi connectivity index (χ1n) is 8.33. The number of hydrogen-bond donors (Lipinski definition) is 0. The number of aryl methyl sites for hydroxylation is 2. The van der Waals surface area contributed by atoms with Gasteiger partial charge in [0.15, 0.2) is 34.4 Å². The molecule has 0 atom stereocenters. The van der Waals surface area contributed by atoms with Gasteiger partial charge in [-0.15, -0.1) is 0 Å². The molecule has 5 rings (SSSR count). The molecule has 0 aliphatic rings. The van der Waals surface area contributed by atoms with Crippen molar-refractivity contribution in [1.29, 1.82) is 0 Å². The molecule has 0 aliphatic carbocycles. The highest BCUT2D eigenvalue weighted by atomic mass is 19.2. The van der Waals surface area contributed by atoms with Gasteiger partial charge in [-0.2, -0.15) is 8.78 Å². The molecule has 2 nitrogen and oxygen atoms in total. The highest BCUT2D eigenvalue weighted by Crippen LogP contribution is 2.45. The normalized spacial score (nSPS) is 12.3. The van der Waals surface area contributed by atoms with E-state index in [0.29, 0.717) is 0 Å². The van der Waals surface area contributed by atoms with Crippen LogP contribution < -0.4 is 0 Å². The Hall–Kier alpha value is -3.30. The molecule has 0 aliphatic heterocycles. The second kappa shape index (κ2) is 5.65. The first-order chi connectivity index (χ1) is 14.1. The summed E-state index contributed by atoms with van der Waals surface area (Å²) in [7, 11) is 0. The minimum Gasteiger partial charge on any atom is -0.452 e. The molecule has 0 unspecified atom stereocenters. The third-order valence-electron chi connectivity index (χ3n) is 5.24. The van der Waals surface area contributed by atoms with Crippen molar-refractivity contribution in [2.75, 3.05) is 0 Å². The minimum absolute atomic E-state index is 0.0931. The maximum Gasteiger partial charge on any atom is 0.205 e. The van der Waals surface area contributed by atoms with E-state index in [2.05, 4.69) is 0 Å². The Kier molecular flexibility index (Phi) is 3.52. The number of halogens is 8. The SMILES string of the molecule is Cc1c2oc3c(F)c(F)c(F)c(F)c3c2c(C)c2oc3c(F)c(F)c(F)c(F)c3c12. The summed E-state index contributed by atoms with van der Waals surface area (Å²) in [6, 6.07) is 0. The largest absolute Gasteiger partial charge is 0.452 e. The van der Waals surface area contributed by atoms with E-state index in [-0.39, 0.29) is 33.1 Å². The molecule has 0 saturated heterocycles. The molecular formula is C20H6F8O2. The van der Waals surface area contributed by atoms with Gasteiger partial charge in [-0.25, -0.2) is 26.3 Å². The van der Waals surface area contributed by atoms with Crippen LogP contribution >= 0.6 is 0 Å². The Labute approximate surface area is 160 Å². The van der Waals surface area contributed by atoms with Gasteiger partial charge in [0.1, 0.15) is 11.2 Å². The zero-order valence-electron chi connectivity index (χ0n) is 14.8. The van der Waals surface area contributed by atoms with Crippen LogP contribution in [0.25, 0.3) is 43.9 Å². The summed E-state index contributed by atoms with van der Waals surface area (Å²) in [6.07, 6.45) is 0. The van der Waals surface area contributed by atoms with E-state index in [1.807, 2.05) is 0 Å². The summed E-state index contributed by atoms with van der Waals surface area (Å²) < 4.78 is 123. The quantitative estimate of drug-likeness (QED) is 0.147. The van der Waals surface area contributed by atoms with Crippen LogP contribution in [0.5, 0.6) is 0 Å².